The maximum absolute atomic E-state index is 13.2. The van der Waals surface area contributed by atoms with E-state index in [0.29, 0.717) is 18.7 Å². The third kappa shape index (κ3) is 5.96. The van der Waals surface area contributed by atoms with Crippen molar-refractivity contribution in [2.45, 2.75) is 45.3 Å². The van der Waals surface area contributed by atoms with Gasteiger partial charge in [0.05, 0.1) is 11.6 Å². The normalized spacial score (nSPS) is 17.4. The van der Waals surface area contributed by atoms with Crippen molar-refractivity contribution in [3.8, 4) is 6.07 Å². The Hall–Kier alpha value is -2.59. The summed E-state index contributed by atoms with van der Waals surface area (Å²) in [7, 11) is 2.03. The average molecular weight is 386 g/mol. The zero-order valence-electron chi connectivity index (χ0n) is 17.4. The van der Waals surface area contributed by atoms with Crippen LogP contribution in [0.4, 0.5) is 4.79 Å². The van der Waals surface area contributed by atoms with Crippen LogP contribution in [0.1, 0.15) is 44.7 Å². The molecule has 28 heavy (non-hydrogen) atoms. The van der Waals surface area contributed by atoms with Gasteiger partial charge in [0.25, 0.3) is 0 Å². The van der Waals surface area contributed by atoms with Crippen LogP contribution in [-0.4, -0.2) is 66.7 Å². The van der Waals surface area contributed by atoms with Crippen LogP contribution in [0.5, 0.6) is 0 Å². The molecule has 1 saturated heterocycles. The fourth-order valence-electron chi connectivity index (χ4n) is 3.11. The number of amides is 2. The standard InChI is InChI=1S/C21H30N4O3/c1-15(17-8-6-16(14-22)7-9-17)18(23-20(27)28-21(2,3)4)19(26)25-12-10-24(5)11-13-25/h6-9,15,18H,10-13H2,1-5H3,(H,23,27)/t15?,18-/m1/s1. The smallest absolute Gasteiger partial charge is 0.408 e. The number of nitrogens with one attached hydrogen (secondary N) is 1. The monoisotopic (exact) mass is 386 g/mol. The second-order valence-electron chi connectivity index (χ2n) is 8.27. The van der Waals surface area contributed by atoms with Gasteiger partial charge in [-0.25, -0.2) is 4.79 Å². The minimum absolute atomic E-state index is 0.115. The van der Waals surface area contributed by atoms with Gasteiger partial charge in [0.2, 0.25) is 5.91 Å². The summed E-state index contributed by atoms with van der Waals surface area (Å²) in [5, 5.41) is 11.8. The first-order valence-electron chi connectivity index (χ1n) is 9.57. The molecule has 1 aliphatic rings. The van der Waals surface area contributed by atoms with E-state index >= 15 is 0 Å². The van der Waals surface area contributed by atoms with Gasteiger partial charge in [-0.3, -0.25) is 4.79 Å². The highest BCUT2D eigenvalue weighted by Crippen LogP contribution is 2.22. The van der Waals surface area contributed by atoms with Crippen molar-refractivity contribution in [3.05, 3.63) is 35.4 Å². The molecular formula is C21H30N4O3. The van der Waals surface area contributed by atoms with Crippen molar-refractivity contribution >= 4 is 12.0 Å². The average Bonchev–Trinajstić information content (AvgIpc) is 2.64. The molecule has 1 aromatic rings. The minimum Gasteiger partial charge on any atom is -0.444 e. The van der Waals surface area contributed by atoms with Crippen LogP contribution in [-0.2, 0) is 9.53 Å². The fraction of sp³-hybridized carbons (Fsp3) is 0.571. The van der Waals surface area contributed by atoms with Crippen molar-refractivity contribution in [2.24, 2.45) is 0 Å². The van der Waals surface area contributed by atoms with E-state index in [1.807, 2.05) is 26.1 Å². The summed E-state index contributed by atoms with van der Waals surface area (Å²) in [5.41, 5.74) is 0.781. The molecule has 152 valence electrons. The van der Waals surface area contributed by atoms with E-state index in [4.69, 9.17) is 10.00 Å². The second kappa shape index (κ2) is 9.07. The molecule has 1 fully saturated rings. The number of hydrogen-bond acceptors (Lipinski definition) is 5. The first kappa shape index (κ1) is 21.7. The number of hydrogen-bond donors (Lipinski definition) is 1. The molecule has 1 N–H and O–H groups in total. The molecule has 0 bridgehead atoms. The summed E-state index contributed by atoms with van der Waals surface area (Å²) >= 11 is 0. The van der Waals surface area contributed by atoms with Crippen LogP contribution >= 0.6 is 0 Å². The van der Waals surface area contributed by atoms with Crippen LogP contribution in [0.3, 0.4) is 0 Å². The molecule has 2 amide bonds. The molecule has 0 aromatic heterocycles. The predicted molar refractivity (Wildman–Crippen MR) is 107 cm³/mol. The van der Waals surface area contributed by atoms with E-state index in [2.05, 4.69) is 16.3 Å². The van der Waals surface area contributed by atoms with Crippen LogP contribution < -0.4 is 5.32 Å². The van der Waals surface area contributed by atoms with Crippen molar-refractivity contribution < 1.29 is 14.3 Å². The highest BCUT2D eigenvalue weighted by Gasteiger charge is 2.34. The summed E-state index contributed by atoms with van der Waals surface area (Å²) < 4.78 is 5.37. The van der Waals surface area contributed by atoms with Gasteiger partial charge in [-0.2, -0.15) is 5.26 Å². The summed E-state index contributed by atoms with van der Waals surface area (Å²) in [6.07, 6.45) is -0.611. The van der Waals surface area contributed by atoms with Crippen molar-refractivity contribution in [3.63, 3.8) is 0 Å². The highest BCUT2D eigenvalue weighted by atomic mass is 16.6. The zero-order valence-corrected chi connectivity index (χ0v) is 17.4. The molecule has 0 saturated carbocycles. The largest absolute Gasteiger partial charge is 0.444 e. The summed E-state index contributed by atoms with van der Waals surface area (Å²) in [6.45, 7) is 10.1. The van der Waals surface area contributed by atoms with E-state index in [-0.39, 0.29) is 11.8 Å². The van der Waals surface area contributed by atoms with Crippen molar-refractivity contribution in [2.75, 3.05) is 33.2 Å². The molecule has 1 unspecified atom stereocenters. The molecule has 1 aliphatic heterocycles. The quantitative estimate of drug-likeness (QED) is 0.858. The van der Waals surface area contributed by atoms with Gasteiger partial charge in [-0.15, -0.1) is 0 Å². The first-order chi connectivity index (χ1) is 13.1. The Labute approximate surface area is 167 Å². The number of likely N-dealkylation sites (N-methyl/N-ethyl adjacent to an activating group) is 1. The van der Waals surface area contributed by atoms with E-state index in [9.17, 15) is 9.59 Å². The predicted octanol–water partition coefficient (Wildman–Crippen LogP) is 2.33. The maximum Gasteiger partial charge on any atom is 0.408 e. The van der Waals surface area contributed by atoms with E-state index in [0.717, 1.165) is 18.7 Å². The van der Waals surface area contributed by atoms with Gasteiger partial charge in [-0.05, 0) is 45.5 Å². The Kier molecular flexibility index (Phi) is 7.03. The highest BCUT2D eigenvalue weighted by molar-refractivity contribution is 5.87. The van der Waals surface area contributed by atoms with Gasteiger partial charge in [0, 0.05) is 32.1 Å². The van der Waals surface area contributed by atoms with Crippen molar-refractivity contribution in [1.82, 2.24) is 15.1 Å². The lowest BCUT2D eigenvalue weighted by Gasteiger charge is -2.36. The van der Waals surface area contributed by atoms with E-state index < -0.39 is 17.7 Å². The van der Waals surface area contributed by atoms with Gasteiger partial charge in [0.15, 0.2) is 0 Å². The zero-order chi connectivity index (χ0) is 20.9. The molecule has 2 rings (SSSR count). The van der Waals surface area contributed by atoms with Gasteiger partial charge < -0.3 is 19.9 Å². The topological polar surface area (TPSA) is 85.7 Å². The Morgan fingerprint density at radius 2 is 1.71 bits per heavy atom. The third-order valence-corrected chi connectivity index (χ3v) is 4.82. The molecule has 0 radical (unpaired) electrons. The molecule has 0 aliphatic carbocycles. The van der Waals surface area contributed by atoms with Crippen LogP contribution in [0, 0.1) is 11.3 Å². The lowest BCUT2D eigenvalue weighted by atomic mass is 9.91. The van der Waals surface area contributed by atoms with Gasteiger partial charge in [0.1, 0.15) is 11.6 Å². The number of rotatable bonds is 4. The lowest BCUT2D eigenvalue weighted by molar-refractivity contribution is -0.135. The summed E-state index contributed by atoms with van der Waals surface area (Å²) in [4.78, 5) is 29.6. The molecule has 7 heteroatoms. The Morgan fingerprint density at radius 1 is 1.14 bits per heavy atom. The number of alkyl carbamates (subject to hydrolysis) is 1. The number of ether oxygens (including phenoxy) is 1. The molecule has 0 spiro atoms. The van der Waals surface area contributed by atoms with Crippen molar-refractivity contribution in [1.29, 1.82) is 5.26 Å². The number of nitriles is 1. The lowest BCUT2D eigenvalue weighted by Crippen LogP contribution is -2.56. The SMILES string of the molecule is CC(c1ccc(C#N)cc1)[C@@H](NC(=O)OC(C)(C)C)C(=O)N1CCN(C)CC1. The molecule has 1 heterocycles. The number of benzene rings is 1. The van der Waals surface area contributed by atoms with Crippen LogP contribution in [0.25, 0.3) is 0 Å². The molecular weight excluding hydrogens is 356 g/mol. The Bertz CT molecular complexity index is 726. The summed E-state index contributed by atoms with van der Waals surface area (Å²) in [6, 6.07) is 8.43. The van der Waals surface area contributed by atoms with E-state index in [1.165, 1.54) is 0 Å². The number of carbonyl (C=O) groups excluding carboxylic acids is 2. The molecule has 1 aromatic carbocycles. The van der Waals surface area contributed by atoms with Crippen LogP contribution in [0.2, 0.25) is 0 Å². The fourth-order valence-corrected chi connectivity index (χ4v) is 3.11. The van der Waals surface area contributed by atoms with Crippen LogP contribution in [0.15, 0.2) is 24.3 Å². The summed E-state index contributed by atoms with van der Waals surface area (Å²) in [5.74, 6) is -0.386. The minimum atomic E-state index is -0.744. The van der Waals surface area contributed by atoms with E-state index in [1.54, 1.807) is 37.8 Å². The number of carbonyl (C=O) groups is 2. The first-order valence-corrected chi connectivity index (χ1v) is 9.57. The number of piperazine rings is 1. The maximum atomic E-state index is 13.2. The van der Waals surface area contributed by atoms with Gasteiger partial charge in [-0.1, -0.05) is 19.1 Å². The molecule has 2 atom stereocenters. The number of nitrogens with zero attached hydrogens (tertiary/aromatic N) is 3. The Balaban J connectivity index is 2.22. The molecule has 7 nitrogen and oxygen atoms in total. The third-order valence-electron chi connectivity index (χ3n) is 4.82. The Morgan fingerprint density at radius 3 is 2.21 bits per heavy atom. The second-order valence-corrected chi connectivity index (χ2v) is 8.27. The van der Waals surface area contributed by atoms with Gasteiger partial charge >= 0.3 is 6.09 Å².